The largest absolute Gasteiger partial charge is 0.771 e. The molecule has 3 atom stereocenters. The Bertz CT molecular complexity index is 1060. The molecule has 0 saturated carbocycles. The van der Waals surface area contributed by atoms with E-state index in [0.29, 0.717) is 5.92 Å². The first-order valence-electron chi connectivity index (χ1n) is 10.9. The van der Waals surface area contributed by atoms with Crippen molar-refractivity contribution in [2.45, 2.75) is 38.0 Å². The van der Waals surface area contributed by atoms with Gasteiger partial charge < -0.3 is 14.4 Å². The highest BCUT2D eigenvalue weighted by atomic mass is 32.2. The molecular weight excluding hydrogens is 398 g/mol. The third-order valence-electron chi connectivity index (χ3n) is 6.80. The fraction of sp³-hybridized carbons (Fsp3) is 0.545. The van der Waals surface area contributed by atoms with E-state index in [1.807, 2.05) is 18.5 Å². The van der Waals surface area contributed by atoms with Crippen LogP contribution in [0.25, 0.3) is 21.9 Å². The van der Waals surface area contributed by atoms with Gasteiger partial charge in [0.2, 0.25) is 0 Å². The molecule has 0 aliphatic carbocycles. The number of nitrogens with one attached hydrogen (secondary N) is 1. The Labute approximate surface area is 179 Å². The third kappa shape index (κ3) is 3.61. The first-order valence-corrected chi connectivity index (χ1v) is 12.0. The predicted octanol–water partition coefficient (Wildman–Crippen LogP) is 3.26. The number of nitrogens with zero attached hydrogens (tertiary/aromatic N) is 4. The van der Waals surface area contributed by atoms with Crippen molar-refractivity contribution in [3.8, 4) is 0 Å². The normalized spacial score (nSPS) is 23.8. The second kappa shape index (κ2) is 8.24. The summed E-state index contributed by atoms with van der Waals surface area (Å²) in [5, 5.41) is 1.85. The average Bonchev–Trinajstić information content (AvgIpc) is 3.23. The molecule has 1 N–H and O–H groups in total. The van der Waals surface area contributed by atoms with Crippen molar-refractivity contribution in [1.82, 2.24) is 19.9 Å². The molecule has 30 heavy (non-hydrogen) atoms. The molecule has 3 aromatic rings. The summed E-state index contributed by atoms with van der Waals surface area (Å²) in [7, 11) is 0. The van der Waals surface area contributed by atoms with Crippen LogP contribution in [-0.4, -0.2) is 60.2 Å². The summed E-state index contributed by atoms with van der Waals surface area (Å²) in [6.07, 6.45) is 9.67. The fourth-order valence-electron chi connectivity index (χ4n) is 5.36. The molecule has 8 heteroatoms. The molecule has 5 heterocycles. The van der Waals surface area contributed by atoms with E-state index in [9.17, 15) is 8.76 Å². The number of aromatic amines is 1. The van der Waals surface area contributed by atoms with Crippen LogP contribution in [0.3, 0.4) is 0 Å². The molecule has 3 aromatic heterocycles. The maximum absolute atomic E-state index is 12.2. The van der Waals surface area contributed by atoms with Crippen LogP contribution in [0.15, 0.2) is 30.7 Å². The lowest BCUT2D eigenvalue weighted by Gasteiger charge is -2.45. The van der Waals surface area contributed by atoms with Gasteiger partial charge in [0.25, 0.3) is 0 Å². The lowest BCUT2D eigenvalue weighted by atomic mass is 9.92. The maximum Gasteiger partial charge on any atom is 0.159 e. The van der Waals surface area contributed by atoms with E-state index in [-0.39, 0.29) is 11.3 Å². The van der Waals surface area contributed by atoms with Gasteiger partial charge in [-0.25, -0.2) is 9.97 Å². The van der Waals surface area contributed by atoms with Gasteiger partial charge in [-0.2, -0.15) is 0 Å². The van der Waals surface area contributed by atoms with Crippen LogP contribution in [0.2, 0.25) is 0 Å². The van der Waals surface area contributed by atoms with E-state index in [0.717, 1.165) is 67.4 Å². The average molecular weight is 427 g/mol. The molecule has 0 aromatic carbocycles. The lowest BCUT2D eigenvalue weighted by molar-refractivity contribution is 0.123. The first kappa shape index (κ1) is 19.9. The number of piperidine rings is 2. The van der Waals surface area contributed by atoms with Crippen molar-refractivity contribution in [1.29, 1.82) is 0 Å². The van der Waals surface area contributed by atoms with Crippen molar-refractivity contribution in [3.63, 3.8) is 0 Å². The smallest absolute Gasteiger partial charge is 0.159 e. The Kier molecular flexibility index (Phi) is 5.47. The summed E-state index contributed by atoms with van der Waals surface area (Å²) in [5.41, 5.74) is 2.93. The molecular formula is C22H28N5O2S-. The van der Waals surface area contributed by atoms with Crippen LogP contribution in [0, 0.1) is 11.8 Å². The van der Waals surface area contributed by atoms with E-state index in [1.54, 1.807) is 6.20 Å². The van der Waals surface area contributed by atoms with E-state index >= 15 is 0 Å². The molecule has 160 valence electrons. The highest BCUT2D eigenvalue weighted by Crippen LogP contribution is 2.35. The Morgan fingerprint density at radius 2 is 2.03 bits per heavy atom. The molecule has 2 fully saturated rings. The molecule has 7 nitrogen and oxygen atoms in total. The summed E-state index contributed by atoms with van der Waals surface area (Å²) in [6, 6.07) is 4.13. The highest BCUT2D eigenvalue weighted by Gasteiger charge is 2.34. The number of fused-ring (bicyclic) bond motifs is 3. The third-order valence-corrected chi connectivity index (χ3v) is 7.88. The molecule has 2 aliphatic heterocycles. The van der Waals surface area contributed by atoms with Gasteiger partial charge in [0.05, 0.1) is 17.1 Å². The standard InChI is InChI=1S/C22H29N5O2S/c1-15-3-2-10-27(14-15)22(30(28)29)16-6-11-26(12-7-16)19-5-9-23-18-13-25-21-17(20(18)19)4-8-24-21/h4-5,8-9,13,15-16,22-23H,2-3,6-7,10-12,14H2,1H3,(H,28,29)/p-1. The number of anilines is 1. The van der Waals surface area contributed by atoms with Gasteiger partial charge in [0, 0.05) is 48.5 Å². The van der Waals surface area contributed by atoms with Crippen molar-refractivity contribution in [2.24, 2.45) is 11.8 Å². The SMILES string of the molecule is CC1CCCN(C(C2CCN(c3cc[nH]c4cnc5nccc5c34)CC2)S(=O)[O-])C1. The van der Waals surface area contributed by atoms with Gasteiger partial charge in [0.15, 0.2) is 5.65 Å². The molecule has 0 bridgehead atoms. The zero-order valence-electron chi connectivity index (χ0n) is 17.3. The second-order valence-electron chi connectivity index (χ2n) is 8.81. The van der Waals surface area contributed by atoms with Crippen molar-refractivity contribution < 1.29 is 8.76 Å². The van der Waals surface area contributed by atoms with E-state index in [1.165, 1.54) is 12.1 Å². The van der Waals surface area contributed by atoms with Gasteiger partial charge in [-0.1, -0.05) is 6.92 Å². The van der Waals surface area contributed by atoms with Crippen LogP contribution in [0.5, 0.6) is 0 Å². The molecule has 0 radical (unpaired) electrons. The Morgan fingerprint density at radius 1 is 1.20 bits per heavy atom. The monoisotopic (exact) mass is 426 g/mol. The minimum absolute atomic E-state index is 0.189. The topological polar surface area (TPSA) is 88.2 Å². The number of likely N-dealkylation sites (tertiary alicyclic amines) is 1. The Morgan fingerprint density at radius 3 is 2.80 bits per heavy atom. The zero-order valence-corrected chi connectivity index (χ0v) is 18.1. The van der Waals surface area contributed by atoms with E-state index in [2.05, 4.69) is 37.7 Å². The second-order valence-corrected chi connectivity index (χ2v) is 9.81. The molecule has 0 spiro atoms. The zero-order chi connectivity index (χ0) is 20.7. The number of pyridine rings is 2. The van der Waals surface area contributed by atoms with Gasteiger partial charge in [0.1, 0.15) is 0 Å². The van der Waals surface area contributed by atoms with Crippen LogP contribution in [-0.2, 0) is 11.1 Å². The van der Waals surface area contributed by atoms with Gasteiger partial charge in [-0.3, -0.25) is 9.11 Å². The summed E-state index contributed by atoms with van der Waals surface area (Å²) in [6.45, 7) is 5.74. The van der Waals surface area contributed by atoms with Crippen LogP contribution in [0.1, 0.15) is 32.6 Å². The van der Waals surface area contributed by atoms with Crippen LogP contribution in [0.4, 0.5) is 5.69 Å². The van der Waals surface area contributed by atoms with Gasteiger partial charge >= 0.3 is 0 Å². The number of aromatic nitrogens is 3. The minimum Gasteiger partial charge on any atom is -0.771 e. The Hall–Kier alpha value is -2.03. The summed E-state index contributed by atoms with van der Waals surface area (Å²) in [4.78, 5) is 16.7. The predicted molar refractivity (Wildman–Crippen MR) is 119 cm³/mol. The molecule has 0 amide bonds. The van der Waals surface area contributed by atoms with Crippen molar-refractivity contribution >= 4 is 38.7 Å². The number of hydrogen-bond acceptors (Lipinski definition) is 6. The minimum atomic E-state index is -2.07. The highest BCUT2D eigenvalue weighted by molar-refractivity contribution is 7.79. The van der Waals surface area contributed by atoms with Crippen molar-refractivity contribution in [2.75, 3.05) is 31.1 Å². The molecule has 3 unspecified atom stereocenters. The molecule has 2 aliphatic rings. The summed E-state index contributed by atoms with van der Waals surface area (Å²) in [5.74, 6) is 0.764. The van der Waals surface area contributed by atoms with Gasteiger partial charge in [-0.05, 0) is 67.3 Å². The lowest BCUT2D eigenvalue weighted by Crippen LogP contribution is -2.50. The van der Waals surface area contributed by atoms with Crippen LogP contribution >= 0.6 is 0 Å². The summed E-state index contributed by atoms with van der Waals surface area (Å²) >= 11 is -2.07. The first-order chi connectivity index (χ1) is 14.6. The Balaban J connectivity index is 1.38. The van der Waals surface area contributed by atoms with E-state index < -0.39 is 11.1 Å². The number of hydrogen-bond donors (Lipinski definition) is 1. The van der Waals surface area contributed by atoms with Gasteiger partial charge in [-0.15, -0.1) is 0 Å². The summed E-state index contributed by atoms with van der Waals surface area (Å²) < 4.78 is 24.3. The van der Waals surface area contributed by atoms with E-state index in [4.69, 9.17) is 0 Å². The number of H-pyrrole nitrogens is 1. The van der Waals surface area contributed by atoms with Crippen molar-refractivity contribution in [3.05, 3.63) is 30.7 Å². The number of rotatable bonds is 4. The molecule has 5 rings (SSSR count). The quantitative estimate of drug-likeness (QED) is 0.644. The fourth-order valence-corrected chi connectivity index (χ4v) is 6.38. The molecule has 2 saturated heterocycles. The van der Waals surface area contributed by atoms with Crippen LogP contribution < -0.4 is 4.90 Å². The maximum atomic E-state index is 12.2.